The van der Waals surface area contributed by atoms with Gasteiger partial charge in [0.25, 0.3) is 0 Å². The summed E-state index contributed by atoms with van der Waals surface area (Å²) in [4.78, 5) is 0. The average Bonchev–Trinajstić information content (AvgIpc) is 2.15. The number of nitrogens with zero attached hydrogens (tertiary/aromatic N) is 1. The lowest BCUT2D eigenvalue weighted by Crippen LogP contribution is -2.12. The van der Waals surface area contributed by atoms with Crippen molar-refractivity contribution in [3.05, 3.63) is 0 Å². The lowest BCUT2D eigenvalue weighted by Gasteiger charge is -2.24. The molecule has 0 spiro atoms. The standard InChI is InChI=1S/C11H19N/c1-2-3-4-10-5-7-11(9-12)8-6-10/h10-11H,2-8H2,1H3. The summed E-state index contributed by atoms with van der Waals surface area (Å²) in [5.41, 5.74) is 0. The first-order valence-electron chi connectivity index (χ1n) is 5.26. The van der Waals surface area contributed by atoms with Gasteiger partial charge >= 0.3 is 0 Å². The first-order chi connectivity index (χ1) is 5.86. The fourth-order valence-corrected chi connectivity index (χ4v) is 2.07. The van der Waals surface area contributed by atoms with Crippen molar-refractivity contribution in [1.82, 2.24) is 0 Å². The first kappa shape index (κ1) is 9.58. The van der Waals surface area contributed by atoms with Crippen LogP contribution in [0.3, 0.4) is 0 Å². The third-order valence-electron chi connectivity index (χ3n) is 3.00. The van der Waals surface area contributed by atoms with E-state index < -0.39 is 0 Å². The molecule has 0 unspecified atom stereocenters. The van der Waals surface area contributed by atoms with Crippen LogP contribution in [0.2, 0.25) is 0 Å². The monoisotopic (exact) mass is 165 g/mol. The van der Waals surface area contributed by atoms with Crippen molar-refractivity contribution >= 4 is 0 Å². The SMILES string of the molecule is CCCCC1CCC(C#N)CC1. The Hall–Kier alpha value is -0.510. The molecule has 0 radical (unpaired) electrons. The van der Waals surface area contributed by atoms with Crippen LogP contribution in [0.15, 0.2) is 0 Å². The molecule has 0 aromatic carbocycles. The van der Waals surface area contributed by atoms with Crippen LogP contribution in [0.5, 0.6) is 0 Å². The van der Waals surface area contributed by atoms with Gasteiger partial charge in [-0.1, -0.05) is 26.2 Å². The van der Waals surface area contributed by atoms with E-state index in [1.54, 1.807) is 0 Å². The highest BCUT2D eigenvalue weighted by atomic mass is 14.3. The van der Waals surface area contributed by atoms with E-state index in [0.717, 1.165) is 18.8 Å². The highest BCUT2D eigenvalue weighted by Gasteiger charge is 2.19. The summed E-state index contributed by atoms with van der Waals surface area (Å²) in [6.45, 7) is 2.25. The maximum absolute atomic E-state index is 8.70. The van der Waals surface area contributed by atoms with Gasteiger partial charge in [0.05, 0.1) is 6.07 Å². The predicted molar refractivity (Wildman–Crippen MR) is 50.6 cm³/mol. The first-order valence-corrected chi connectivity index (χ1v) is 5.26. The number of rotatable bonds is 3. The van der Waals surface area contributed by atoms with Gasteiger partial charge in [0.15, 0.2) is 0 Å². The van der Waals surface area contributed by atoms with Crippen molar-refractivity contribution in [3.8, 4) is 6.07 Å². The molecule has 0 N–H and O–H groups in total. The molecule has 1 nitrogen and oxygen atoms in total. The Bertz CT molecular complexity index is 149. The zero-order valence-electron chi connectivity index (χ0n) is 8.05. The van der Waals surface area contributed by atoms with Gasteiger partial charge in [0, 0.05) is 5.92 Å². The Morgan fingerprint density at radius 2 is 1.92 bits per heavy atom. The topological polar surface area (TPSA) is 23.8 Å². The Balaban J connectivity index is 2.14. The van der Waals surface area contributed by atoms with Gasteiger partial charge in [0.2, 0.25) is 0 Å². The number of nitriles is 1. The second-order valence-electron chi connectivity index (χ2n) is 3.99. The van der Waals surface area contributed by atoms with Gasteiger partial charge in [-0.05, 0) is 31.6 Å². The predicted octanol–water partition coefficient (Wildman–Crippen LogP) is 3.51. The molecule has 0 aliphatic heterocycles. The maximum atomic E-state index is 8.70. The molecule has 1 aliphatic carbocycles. The Morgan fingerprint density at radius 1 is 1.25 bits per heavy atom. The van der Waals surface area contributed by atoms with E-state index in [-0.39, 0.29) is 0 Å². The Labute approximate surface area is 75.8 Å². The highest BCUT2D eigenvalue weighted by Crippen LogP contribution is 2.31. The maximum Gasteiger partial charge on any atom is 0.0655 e. The quantitative estimate of drug-likeness (QED) is 0.627. The molecule has 0 bridgehead atoms. The molecular formula is C11H19N. The molecule has 0 atom stereocenters. The van der Waals surface area contributed by atoms with Gasteiger partial charge in [-0.3, -0.25) is 0 Å². The lowest BCUT2D eigenvalue weighted by atomic mass is 9.80. The molecule has 1 rings (SSSR count). The van der Waals surface area contributed by atoms with E-state index >= 15 is 0 Å². The fourth-order valence-electron chi connectivity index (χ4n) is 2.07. The second-order valence-corrected chi connectivity index (χ2v) is 3.99. The highest BCUT2D eigenvalue weighted by molar-refractivity contribution is 4.86. The summed E-state index contributed by atoms with van der Waals surface area (Å²) in [5, 5.41) is 8.70. The molecule has 1 aliphatic rings. The summed E-state index contributed by atoms with van der Waals surface area (Å²) in [6.07, 6.45) is 9.01. The van der Waals surface area contributed by atoms with Crippen molar-refractivity contribution in [3.63, 3.8) is 0 Å². The molecule has 0 amide bonds. The van der Waals surface area contributed by atoms with Crippen LogP contribution in [0.1, 0.15) is 51.9 Å². The van der Waals surface area contributed by atoms with Crippen molar-refractivity contribution < 1.29 is 0 Å². The summed E-state index contributed by atoms with van der Waals surface area (Å²) in [5.74, 6) is 1.32. The largest absolute Gasteiger partial charge is 0.198 e. The molecule has 0 heterocycles. The summed E-state index contributed by atoms with van der Waals surface area (Å²) >= 11 is 0. The molecule has 1 fully saturated rings. The van der Waals surface area contributed by atoms with E-state index in [1.165, 1.54) is 32.1 Å². The van der Waals surface area contributed by atoms with Crippen LogP contribution in [-0.2, 0) is 0 Å². The normalized spacial score (nSPS) is 29.7. The zero-order chi connectivity index (χ0) is 8.81. The minimum atomic E-state index is 0.378. The van der Waals surface area contributed by atoms with Crippen LogP contribution < -0.4 is 0 Å². The van der Waals surface area contributed by atoms with Crippen LogP contribution in [0.4, 0.5) is 0 Å². The number of hydrogen-bond donors (Lipinski definition) is 0. The zero-order valence-corrected chi connectivity index (χ0v) is 8.05. The van der Waals surface area contributed by atoms with E-state index in [4.69, 9.17) is 5.26 Å². The van der Waals surface area contributed by atoms with E-state index in [9.17, 15) is 0 Å². The molecule has 1 saturated carbocycles. The molecule has 0 aromatic rings. The average molecular weight is 165 g/mol. The molecule has 0 saturated heterocycles. The van der Waals surface area contributed by atoms with E-state index in [0.29, 0.717) is 5.92 Å². The third-order valence-corrected chi connectivity index (χ3v) is 3.00. The molecule has 12 heavy (non-hydrogen) atoms. The van der Waals surface area contributed by atoms with Gasteiger partial charge in [-0.15, -0.1) is 0 Å². The van der Waals surface area contributed by atoms with Crippen molar-refractivity contribution in [2.24, 2.45) is 11.8 Å². The molecular weight excluding hydrogens is 146 g/mol. The van der Waals surface area contributed by atoms with Gasteiger partial charge in [-0.2, -0.15) is 5.26 Å². The number of hydrogen-bond acceptors (Lipinski definition) is 1. The number of unbranched alkanes of at least 4 members (excludes halogenated alkanes) is 1. The van der Waals surface area contributed by atoms with Gasteiger partial charge in [0.1, 0.15) is 0 Å². The Morgan fingerprint density at radius 3 is 2.42 bits per heavy atom. The van der Waals surface area contributed by atoms with Gasteiger partial charge < -0.3 is 0 Å². The fraction of sp³-hybridized carbons (Fsp3) is 0.909. The summed E-state index contributed by atoms with van der Waals surface area (Å²) in [6, 6.07) is 2.38. The van der Waals surface area contributed by atoms with Crippen molar-refractivity contribution in [2.45, 2.75) is 51.9 Å². The van der Waals surface area contributed by atoms with Gasteiger partial charge in [-0.25, -0.2) is 0 Å². The third kappa shape index (κ3) is 2.85. The molecule has 1 heteroatoms. The minimum absolute atomic E-state index is 0.378. The Kier molecular flexibility index (Phi) is 4.14. The second kappa shape index (κ2) is 5.19. The molecule has 0 aromatic heterocycles. The van der Waals surface area contributed by atoms with E-state index in [2.05, 4.69) is 13.0 Å². The van der Waals surface area contributed by atoms with Crippen LogP contribution in [-0.4, -0.2) is 0 Å². The van der Waals surface area contributed by atoms with Crippen LogP contribution in [0.25, 0.3) is 0 Å². The summed E-state index contributed by atoms with van der Waals surface area (Å²) < 4.78 is 0. The summed E-state index contributed by atoms with van der Waals surface area (Å²) in [7, 11) is 0. The van der Waals surface area contributed by atoms with Crippen molar-refractivity contribution in [2.75, 3.05) is 0 Å². The van der Waals surface area contributed by atoms with Crippen molar-refractivity contribution in [1.29, 1.82) is 5.26 Å². The molecule has 68 valence electrons. The van der Waals surface area contributed by atoms with E-state index in [1.807, 2.05) is 0 Å². The van der Waals surface area contributed by atoms with Crippen LogP contribution >= 0.6 is 0 Å². The smallest absolute Gasteiger partial charge is 0.0655 e. The lowest BCUT2D eigenvalue weighted by molar-refractivity contribution is 0.294. The minimum Gasteiger partial charge on any atom is -0.198 e. The van der Waals surface area contributed by atoms with Crippen LogP contribution in [0, 0.1) is 23.2 Å².